The lowest BCUT2D eigenvalue weighted by Crippen LogP contribution is -2.21. The van der Waals surface area contributed by atoms with E-state index in [-0.39, 0.29) is 0 Å². The van der Waals surface area contributed by atoms with Crippen LogP contribution in [-0.4, -0.2) is 37.0 Å². The van der Waals surface area contributed by atoms with Gasteiger partial charge in [-0.1, -0.05) is 78.9 Å². The van der Waals surface area contributed by atoms with Gasteiger partial charge in [0, 0.05) is 0 Å². The van der Waals surface area contributed by atoms with Crippen molar-refractivity contribution in [2.75, 3.05) is 0 Å². The molecule has 0 aliphatic rings. The van der Waals surface area contributed by atoms with Crippen molar-refractivity contribution in [2.24, 2.45) is 0 Å². The Kier molecular flexibility index (Phi) is 10.2. The molecule has 0 heterocycles. The van der Waals surface area contributed by atoms with Gasteiger partial charge in [0.05, 0.1) is 11.1 Å². The van der Waals surface area contributed by atoms with Gasteiger partial charge in [-0.3, -0.25) is 0 Å². The monoisotopic (exact) mass is 694 g/mol. The van der Waals surface area contributed by atoms with Crippen LogP contribution < -0.4 is 5.43 Å². The Morgan fingerprint density at radius 3 is 1.13 bits per heavy atom. The Labute approximate surface area is 264 Å². The van der Waals surface area contributed by atoms with E-state index in [1.165, 1.54) is 44.5 Å². The van der Waals surface area contributed by atoms with Gasteiger partial charge in [-0.25, -0.2) is 16.8 Å². The molecule has 0 saturated heterocycles. The van der Waals surface area contributed by atoms with Crippen molar-refractivity contribution in [2.45, 2.75) is 11.0 Å². The minimum Gasteiger partial charge on any atom is -0.741 e. The molecular weight excluding hydrogens is 674 g/mol. The first-order chi connectivity index (χ1) is 21.9. The van der Waals surface area contributed by atoms with E-state index in [0.717, 1.165) is 11.2 Å². The van der Waals surface area contributed by atoms with Crippen LogP contribution in [0.2, 0.25) is 0 Å². The summed E-state index contributed by atoms with van der Waals surface area (Å²) in [6, 6.07) is 42.0. The molecule has 0 spiro atoms. The van der Waals surface area contributed by atoms with Crippen molar-refractivity contribution in [3.8, 4) is 50.3 Å². The zero-order chi connectivity index (χ0) is 34.6. The molecule has 6 rings (SSSR count). The van der Waals surface area contributed by atoms with E-state index in [9.17, 15) is 26.3 Å². The summed E-state index contributed by atoms with van der Waals surface area (Å²) in [5.41, 5.74) is -0.735. The van der Waals surface area contributed by atoms with Crippen LogP contribution in [0.1, 0.15) is 0 Å². The molecule has 0 unspecified atom stereocenters. The summed E-state index contributed by atoms with van der Waals surface area (Å²) in [6.07, 6.45) is 0. The highest BCUT2D eigenvalue weighted by molar-refractivity contribution is 7.86. The quantitative estimate of drug-likeness (QED) is 0.0596. The molecule has 0 aliphatic carbocycles. The fourth-order valence-corrected chi connectivity index (χ4v) is 4.17. The highest BCUT2D eigenvalue weighted by Crippen LogP contribution is 2.57. The summed E-state index contributed by atoms with van der Waals surface area (Å²) in [5.74, 6) is 0.978. The van der Waals surface area contributed by atoms with Gasteiger partial charge in [0.25, 0.3) is 0 Å². The zero-order valence-electron chi connectivity index (χ0n) is 23.5. The first-order valence-corrected chi connectivity index (χ1v) is 15.9. The molecule has 0 fully saturated rings. The molecule has 6 aromatic carbocycles. The molecule has 0 amide bonds. The second-order valence-electron chi connectivity index (χ2n) is 9.52. The summed E-state index contributed by atoms with van der Waals surface area (Å²) >= 11 is 0. The number of halogens is 6. The summed E-state index contributed by atoms with van der Waals surface area (Å²) in [5, 5.41) is 0. The van der Waals surface area contributed by atoms with E-state index in [1.807, 2.05) is 24.3 Å². The van der Waals surface area contributed by atoms with Gasteiger partial charge in [-0.2, -0.15) is 30.8 Å². The van der Waals surface area contributed by atoms with Gasteiger partial charge in [0.15, 0.2) is 20.2 Å². The molecule has 0 aliphatic heterocycles. The first-order valence-electron chi connectivity index (χ1n) is 13.1. The summed E-state index contributed by atoms with van der Waals surface area (Å²) in [4.78, 5) is 0. The van der Waals surface area contributed by atoms with Gasteiger partial charge in [0.1, 0.15) is 11.1 Å². The van der Waals surface area contributed by atoms with Gasteiger partial charge < -0.3 is 9.11 Å². The van der Waals surface area contributed by atoms with E-state index < -0.39 is 31.3 Å². The summed E-state index contributed by atoms with van der Waals surface area (Å²) in [7, 11) is -12.2. The van der Waals surface area contributed by atoms with Crippen molar-refractivity contribution in [1.29, 1.82) is 0 Å². The molecular formula is C32H20F6O7S2. The van der Waals surface area contributed by atoms with E-state index in [1.54, 1.807) is 0 Å². The standard InChI is InChI=1S/C30H20O.2CHF3O3S/c1-5-13-21(14-6-1)25-26(22-15-7-2-8-16-22)29(25)31-30-27(23-17-9-3-10-18-23)28(30)24-19-11-4-12-20-24;2*2-1(3,4)8(5,6)7/h1-20H;2*(H,5,6,7)/q+2;;/p-2. The number of alkyl halides is 6. The molecule has 47 heavy (non-hydrogen) atoms. The van der Waals surface area contributed by atoms with Crippen molar-refractivity contribution in [3.63, 3.8) is 0 Å². The Hall–Kier alpha value is -4.70. The zero-order valence-corrected chi connectivity index (χ0v) is 25.1. The number of rotatable bonds is 5. The molecule has 244 valence electrons. The topological polar surface area (TPSA) is 126 Å². The molecule has 0 aromatic heterocycles. The van der Waals surface area contributed by atoms with Crippen LogP contribution in [0.25, 0.3) is 44.5 Å². The van der Waals surface area contributed by atoms with Crippen molar-refractivity contribution >= 4 is 20.2 Å². The third-order valence-corrected chi connectivity index (χ3v) is 7.44. The highest BCUT2D eigenvalue weighted by Gasteiger charge is 2.50. The lowest BCUT2D eigenvalue weighted by Gasteiger charge is -2.08. The summed E-state index contributed by atoms with van der Waals surface area (Å²) < 4.78 is 124. The lowest BCUT2D eigenvalue weighted by molar-refractivity contribution is -0.0522. The molecule has 0 N–H and O–H groups in total. The minimum absolute atomic E-state index is 0.978. The lowest BCUT2D eigenvalue weighted by atomic mass is 10.1. The highest BCUT2D eigenvalue weighted by atomic mass is 32.2. The maximum atomic E-state index is 10.7. The molecule has 0 atom stereocenters. The van der Waals surface area contributed by atoms with E-state index in [0.29, 0.717) is 0 Å². The van der Waals surface area contributed by atoms with E-state index >= 15 is 0 Å². The van der Waals surface area contributed by atoms with Crippen LogP contribution in [0.4, 0.5) is 26.3 Å². The van der Waals surface area contributed by atoms with E-state index in [4.69, 9.17) is 30.4 Å². The fourth-order valence-electron chi connectivity index (χ4n) is 4.17. The van der Waals surface area contributed by atoms with Crippen molar-refractivity contribution in [1.82, 2.24) is 0 Å². The Morgan fingerprint density at radius 1 is 0.511 bits per heavy atom. The smallest absolute Gasteiger partial charge is 0.485 e. The molecule has 0 bridgehead atoms. The molecule has 0 saturated carbocycles. The van der Waals surface area contributed by atoms with Crippen LogP contribution in [0, 0.1) is 0 Å². The predicted molar refractivity (Wildman–Crippen MR) is 161 cm³/mol. The fraction of sp³-hybridized carbons (Fsp3) is 0.0625. The number of hydrogen-bond acceptors (Lipinski definition) is 6. The average molecular weight is 695 g/mol. The Morgan fingerprint density at radius 2 is 0.809 bits per heavy atom. The van der Waals surface area contributed by atoms with Gasteiger partial charge >= 0.3 is 22.2 Å². The minimum atomic E-state index is -6.09. The summed E-state index contributed by atoms with van der Waals surface area (Å²) in [6.45, 7) is 0. The average Bonchev–Trinajstić information content (AvgIpc) is 3.92. The Bertz CT molecular complexity index is 1980. The van der Waals surface area contributed by atoms with Crippen LogP contribution in [0.5, 0.6) is 5.75 Å². The maximum absolute atomic E-state index is 10.7. The van der Waals surface area contributed by atoms with Crippen LogP contribution in [0.3, 0.4) is 0 Å². The number of benzene rings is 4. The third-order valence-electron chi connectivity index (χ3n) is 6.30. The van der Waals surface area contributed by atoms with E-state index in [2.05, 4.69) is 97.1 Å². The van der Waals surface area contributed by atoms with Crippen LogP contribution in [0.15, 0.2) is 126 Å². The van der Waals surface area contributed by atoms with Crippen LogP contribution in [-0.2, 0) is 20.2 Å². The van der Waals surface area contributed by atoms with Crippen molar-refractivity contribution in [3.05, 3.63) is 131 Å². The molecule has 0 radical (unpaired) electrons. The van der Waals surface area contributed by atoms with Crippen molar-refractivity contribution < 1.29 is 52.3 Å². The Balaban J connectivity index is 0.000000261. The third kappa shape index (κ3) is 8.77. The second-order valence-corrected chi connectivity index (χ2v) is 12.3. The molecule has 6 aromatic rings. The SMILES string of the molecule is O=S(=O)([O-])C(F)(F)F.O=S(=O)([O-])C(F)(F)F.c1ccc(-c2c(-c3ccccc3)c2=[O+]c2c(-c3ccccc3)[c+]2-c2ccccc2)cc1. The predicted octanol–water partition coefficient (Wildman–Crippen LogP) is 7.80. The second kappa shape index (κ2) is 13.6. The molecule has 15 heteroatoms. The van der Waals surface area contributed by atoms with Crippen LogP contribution >= 0.6 is 0 Å². The van der Waals surface area contributed by atoms with Gasteiger partial charge in [0.2, 0.25) is 11.1 Å². The van der Waals surface area contributed by atoms with Gasteiger partial charge in [-0.15, -0.1) is 0 Å². The normalized spacial score (nSPS) is 12.2. The largest absolute Gasteiger partial charge is 0.741 e. The van der Waals surface area contributed by atoms with Gasteiger partial charge in [-0.05, 0) is 53.6 Å². The molecule has 7 nitrogen and oxygen atoms in total. The first kappa shape index (κ1) is 35.2. The number of hydrogen-bond donors (Lipinski definition) is 0. The maximum Gasteiger partial charge on any atom is 0.485 e.